The number of aliphatic hydroxyl groups excluding tert-OH is 4. The smallest absolute Gasteiger partial charge is 0.508 e. The van der Waals surface area contributed by atoms with Crippen LogP contribution in [0.2, 0.25) is 0 Å². The molecule has 1 aromatic rings. The fourth-order valence-electron chi connectivity index (χ4n) is 6.59. The van der Waals surface area contributed by atoms with Crippen molar-refractivity contribution in [1.82, 2.24) is 0 Å². The molecule has 7 heteroatoms. The van der Waals surface area contributed by atoms with Crippen molar-refractivity contribution < 1.29 is 69.0 Å². The van der Waals surface area contributed by atoms with Crippen LogP contribution < -0.4 is 0 Å². The van der Waals surface area contributed by atoms with Crippen molar-refractivity contribution in [2.45, 2.75) is 94.6 Å². The van der Waals surface area contributed by atoms with Gasteiger partial charge in [-0.1, -0.05) is 81.4 Å². The summed E-state index contributed by atoms with van der Waals surface area (Å²) in [5, 5.41) is 40.0. The van der Waals surface area contributed by atoms with Crippen LogP contribution in [0.3, 0.4) is 0 Å². The molecule has 2 fully saturated rings. The summed E-state index contributed by atoms with van der Waals surface area (Å²) in [6, 6.07) is 5.35. The van der Waals surface area contributed by atoms with Crippen molar-refractivity contribution in [3.05, 3.63) is 51.6 Å². The maximum atomic E-state index is 9.57. The van der Waals surface area contributed by atoms with Gasteiger partial charge in [0.1, 0.15) is 5.75 Å². The first kappa shape index (κ1) is 58.8. The van der Waals surface area contributed by atoms with Crippen molar-refractivity contribution in [2.24, 2.45) is 59.2 Å². The Labute approximate surface area is 299 Å². The van der Waals surface area contributed by atoms with Crippen LogP contribution in [0.25, 0.3) is 0 Å². The molecule has 3 aliphatic carbocycles. The van der Waals surface area contributed by atoms with Crippen molar-refractivity contribution in [2.75, 3.05) is 21.3 Å². The molecule has 5 nitrogen and oxygen atoms in total. The Morgan fingerprint density at radius 3 is 1.02 bits per heavy atom. The number of aromatic hydroxyl groups is 1. The van der Waals surface area contributed by atoms with Gasteiger partial charge in [0.05, 0.1) is 6.10 Å². The molecule has 0 heterocycles. The number of hydrogen-bond acceptors (Lipinski definition) is 5. The van der Waals surface area contributed by atoms with E-state index in [9.17, 15) is 10.2 Å². The van der Waals surface area contributed by atoms with E-state index < -0.39 is 0 Å². The van der Waals surface area contributed by atoms with Crippen molar-refractivity contribution in [3.63, 3.8) is 0 Å². The minimum absolute atomic E-state index is 0. The van der Waals surface area contributed by atoms with E-state index in [1.807, 2.05) is 6.07 Å². The summed E-state index contributed by atoms with van der Waals surface area (Å²) in [6.45, 7) is 24.0. The Morgan fingerprint density at radius 2 is 0.791 bits per heavy atom. The number of phenols is 1. The Kier molecular flexibility index (Phi) is 42.3. The topological polar surface area (TPSA) is 101 Å². The zero-order valence-corrected chi connectivity index (χ0v) is 34.1. The largest absolute Gasteiger partial charge is 2.00 e. The van der Waals surface area contributed by atoms with Gasteiger partial charge in [0, 0.05) is 43.0 Å². The molecule has 5 N–H and O–H groups in total. The van der Waals surface area contributed by atoms with E-state index in [0.717, 1.165) is 111 Å². The van der Waals surface area contributed by atoms with Crippen molar-refractivity contribution in [1.29, 1.82) is 0 Å². The van der Waals surface area contributed by atoms with Crippen LogP contribution in [0.1, 0.15) is 99.3 Å². The second-order valence-corrected chi connectivity index (χ2v) is 11.8. The molecule has 0 saturated heterocycles. The van der Waals surface area contributed by atoms with Crippen molar-refractivity contribution in [3.8, 4) is 5.75 Å². The van der Waals surface area contributed by atoms with Crippen LogP contribution in [0.4, 0.5) is 0 Å². The summed E-state index contributed by atoms with van der Waals surface area (Å²) in [4.78, 5) is 0. The first-order chi connectivity index (χ1) is 17.9. The summed E-state index contributed by atoms with van der Waals surface area (Å²) in [6.07, 6.45) is 2.29. The summed E-state index contributed by atoms with van der Waals surface area (Å²) in [5.74, 6) is 9.68. The van der Waals surface area contributed by atoms with E-state index in [4.69, 9.17) is 15.3 Å². The van der Waals surface area contributed by atoms with Crippen LogP contribution in [-0.2, 0) is 49.9 Å². The maximum Gasteiger partial charge on any atom is 2.00 e. The van der Waals surface area contributed by atoms with Gasteiger partial charge < -0.3 is 47.8 Å². The number of benzene rings is 1. The molecule has 1 atom stereocenters. The fraction of sp³-hybridized carbons (Fsp3) is 0.750. The first-order valence-electron chi connectivity index (χ1n) is 14.7. The minimum Gasteiger partial charge on any atom is -0.508 e. The molecule has 0 aliphatic heterocycles. The second kappa shape index (κ2) is 30.9. The molecule has 4 rings (SSSR count). The molecule has 0 aromatic heterocycles. The Morgan fingerprint density at radius 1 is 0.535 bits per heavy atom. The average molecular weight is 682 g/mol. The molecule has 0 radical (unpaired) electrons. The fourth-order valence-corrected chi connectivity index (χ4v) is 6.59. The molecule has 0 amide bonds. The summed E-state index contributed by atoms with van der Waals surface area (Å²) >= 11 is 0. The molecular formula is C36H73O5Ti2-. The predicted octanol–water partition coefficient (Wildman–Crippen LogP) is 8.29. The Bertz CT molecular complexity index is 616. The maximum absolute atomic E-state index is 9.57. The van der Waals surface area contributed by atoms with Crippen molar-refractivity contribution >= 4 is 0 Å². The van der Waals surface area contributed by atoms with Crippen LogP contribution >= 0.6 is 0 Å². The van der Waals surface area contributed by atoms with E-state index in [1.54, 1.807) is 12.1 Å². The number of phenolic OH excluding ortho intramolecular Hbond substituents is 1. The molecule has 1 aromatic carbocycles. The van der Waals surface area contributed by atoms with Gasteiger partial charge in [0.15, 0.2) is 0 Å². The third-order valence-corrected chi connectivity index (χ3v) is 10.7. The van der Waals surface area contributed by atoms with E-state index in [-0.39, 0.29) is 71.8 Å². The molecule has 43 heavy (non-hydrogen) atoms. The van der Waals surface area contributed by atoms with Gasteiger partial charge in [-0.15, -0.1) is 0 Å². The third kappa shape index (κ3) is 16.6. The first-order valence-corrected chi connectivity index (χ1v) is 14.7. The van der Waals surface area contributed by atoms with Gasteiger partial charge in [-0.2, -0.15) is 0 Å². The van der Waals surface area contributed by atoms with Crippen LogP contribution in [-0.4, -0.2) is 46.9 Å². The summed E-state index contributed by atoms with van der Waals surface area (Å²) in [5.41, 5.74) is 1.83. The number of rotatable bonds is 0. The monoisotopic (exact) mass is 681 g/mol. The van der Waals surface area contributed by atoms with E-state index in [2.05, 4.69) is 69.2 Å². The van der Waals surface area contributed by atoms with E-state index >= 15 is 0 Å². The quantitative estimate of drug-likeness (QED) is 0.140. The van der Waals surface area contributed by atoms with Gasteiger partial charge in [0.25, 0.3) is 0 Å². The van der Waals surface area contributed by atoms with Gasteiger partial charge in [-0.3, -0.25) is 0 Å². The number of hydrogen-bond donors (Lipinski definition) is 5. The Balaban J connectivity index is -0.0000000791. The Hall–Kier alpha value is 0.289. The zero-order chi connectivity index (χ0) is 30.3. The number of fused-ring (bicyclic) bond motifs is 1. The van der Waals surface area contributed by atoms with Gasteiger partial charge in [-0.05, 0) is 95.6 Å². The molecule has 256 valence electrons. The molecule has 3 aliphatic rings. The summed E-state index contributed by atoms with van der Waals surface area (Å²) < 4.78 is 0. The van der Waals surface area contributed by atoms with Crippen LogP contribution in [0.5, 0.6) is 5.75 Å². The SMILES string of the molecule is CC1C(C)C(C)C(C)C1C.CC1C(C)C(C)C(C)C1C.CO.CO.CO.Oc1cccc2c1CCCC2O.[CH3-].[CH3-].[CH3-].[Ti+2].[Ti]. The normalized spacial score (nSPS) is 32.3. The predicted molar refractivity (Wildman–Crippen MR) is 181 cm³/mol. The second-order valence-electron chi connectivity index (χ2n) is 11.8. The van der Waals surface area contributed by atoms with Gasteiger partial charge in [-0.25, -0.2) is 0 Å². The molecular weight excluding hydrogens is 608 g/mol. The van der Waals surface area contributed by atoms with Gasteiger partial charge >= 0.3 is 21.7 Å². The minimum atomic E-state index is -0.374. The summed E-state index contributed by atoms with van der Waals surface area (Å²) in [7, 11) is 3.00. The average Bonchev–Trinajstić information content (AvgIpc) is 3.23. The van der Waals surface area contributed by atoms with Crippen LogP contribution in [0.15, 0.2) is 18.2 Å². The number of aliphatic hydroxyl groups is 4. The molecule has 0 bridgehead atoms. The molecule has 2 saturated carbocycles. The molecule has 0 spiro atoms. The molecule has 1 unspecified atom stereocenters. The zero-order valence-electron chi connectivity index (χ0n) is 30.9. The van der Waals surface area contributed by atoms with Gasteiger partial charge in [0.2, 0.25) is 0 Å². The standard InChI is InChI=1S/C10H12O2.2C10H20.3CH4O.3CH3.2Ti/c11-9-5-1-3-7-8(9)4-2-6-10(7)12;2*1-6-7(2)9(4)10(5)8(6)3;3*1-2;;;;;/h1,3,5,10-12H,2,4,6H2;2*6-10H,1-5H3;3*2H,1H3;3*1H3;;/q;;;;;;3*-1;;+2. The van der Waals surface area contributed by atoms with Crippen LogP contribution in [0, 0.1) is 81.5 Å². The van der Waals surface area contributed by atoms with E-state index in [0.29, 0.717) is 5.75 Å². The van der Waals surface area contributed by atoms with E-state index in [1.165, 1.54) is 0 Å². The third-order valence-electron chi connectivity index (χ3n) is 10.7.